The van der Waals surface area contributed by atoms with E-state index in [2.05, 4.69) is 4.74 Å². The maximum atomic E-state index is 4.94. The second kappa shape index (κ2) is 2.92. The molecule has 0 atom stereocenters. The van der Waals surface area contributed by atoms with E-state index in [0.29, 0.717) is 0 Å². The van der Waals surface area contributed by atoms with Gasteiger partial charge in [-0.3, -0.25) is 0 Å². The molecular weight excluding hydrogens is 132 g/mol. The molecule has 0 aromatic rings. The maximum absolute atomic E-state index is 4.94. The standard InChI is InChI=1S/C5H8O2.C2H4O/c1-5(2)6-3-4-7-5;1-2-3-1/h3-4H,1-2H3;1-2H2. The Labute approximate surface area is 60.6 Å². The predicted octanol–water partition coefficient (Wildman–Crippen LogP) is 1.26. The SMILES string of the molecule is C1CO1.CC1(C)OC=CO1. The first-order valence-corrected chi connectivity index (χ1v) is 3.29. The molecule has 2 rings (SSSR count). The van der Waals surface area contributed by atoms with Crippen molar-refractivity contribution in [2.24, 2.45) is 0 Å². The van der Waals surface area contributed by atoms with E-state index in [9.17, 15) is 0 Å². The Morgan fingerprint density at radius 3 is 1.60 bits per heavy atom. The second-order valence-electron chi connectivity index (χ2n) is 2.52. The van der Waals surface area contributed by atoms with Crippen molar-refractivity contribution < 1.29 is 14.2 Å². The molecule has 1 saturated heterocycles. The third-order valence-corrected chi connectivity index (χ3v) is 0.963. The number of hydrogen-bond donors (Lipinski definition) is 0. The average molecular weight is 144 g/mol. The smallest absolute Gasteiger partial charge is 0.244 e. The van der Waals surface area contributed by atoms with Crippen LogP contribution in [-0.2, 0) is 14.2 Å². The van der Waals surface area contributed by atoms with Crippen molar-refractivity contribution in [2.45, 2.75) is 19.6 Å². The minimum atomic E-state index is -0.417. The molecule has 0 aromatic carbocycles. The summed E-state index contributed by atoms with van der Waals surface area (Å²) in [7, 11) is 0. The molecule has 0 bridgehead atoms. The third kappa shape index (κ3) is 3.35. The van der Waals surface area contributed by atoms with Gasteiger partial charge in [-0.15, -0.1) is 0 Å². The molecule has 0 amide bonds. The molecule has 0 unspecified atom stereocenters. The van der Waals surface area contributed by atoms with Gasteiger partial charge in [-0.1, -0.05) is 0 Å². The van der Waals surface area contributed by atoms with E-state index in [1.54, 1.807) is 12.5 Å². The third-order valence-electron chi connectivity index (χ3n) is 0.963. The fraction of sp³-hybridized carbons (Fsp3) is 0.714. The molecule has 1 fully saturated rings. The van der Waals surface area contributed by atoms with Crippen LogP contribution in [0, 0.1) is 0 Å². The minimum absolute atomic E-state index is 0.417. The van der Waals surface area contributed by atoms with E-state index in [1.165, 1.54) is 0 Å². The van der Waals surface area contributed by atoms with E-state index in [4.69, 9.17) is 9.47 Å². The Morgan fingerprint density at radius 1 is 1.10 bits per heavy atom. The van der Waals surface area contributed by atoms with Gasteiger partial charge in [0.15, 0.2) is 0 Å². The van der Waals surface area contributed by atoms with Crippen LogP contribution in [-0.4, -0.2) is 19.0 Å². The van der Waals surface area contributed by atoms with Crippen molar-refractivity contribution in [3.05, 3.63) is 12.5 Å². The van der Waals surface area contributed by atoms with Crippen molar-refractivity contribution in [3.63, 3.8) is 0 Å². The zero-order valence-electron chi connectivity index (χ0n) is 6.29. The number of ether oxygens (including phenoxy) is 3. The van der Waals surface area contributed by atoms with Crippen molar-refractivity contribution in [1.29, 1.82) is 0 Å². The highest BCUT2D eigenvalue weighted by molar-refractivity contribution is 4.75. The molecule has 0 aliphatic carbocycles. The van der Waals surface area contributed by atoms with Gasteiger partial charge in [0.1, 0.15) is 12.5 Å². The van der Waals surface area contributed by atoms with Crippen LogP contribution in [0.2, 0.25) is 0 Å². The predicted molar refractivity (Wildman–Crippen MR) is 36.2 cm³/mol. The quantitative estimate of drug-likeness (QED) is 0.479. The lowest BCUT2D eigenvalue weighted by atomic mass is 10.4. The van der Waals surface area contributed by atoms with E-state index in [0.717, 1.165) is 13.2 Å². The van der Waals surface area contributed by atoms with Crippen LogP contribution < -0.4 is 0 Å². The summed E-state index contributed by atoms with van der Waals surface area (Å²) in [6.45, 7) is 5.71. The second-order valence-corrected chi connectivity index (χ2v) is 2.52. The van der Waals surface area contributed by atoms with Gasteiger partial charge in [-0.2, -0.15) is 0 Å². The Morgan fingerprint density at radius 2 is 1.50 bits per heavy atom. The highest BCUT2D eigenvalue weighted by atomic mass is 16.7. The molecule has 0 saturated carbocycles. The number of epoxide rings is 1. The van der Waals surface area contributed by atoms with Gasteiger partial charge in [0.2, 0.25) is 5.79 Å². The van der Waals surface area contributed by atoms with Crippen LogP contribution in [0.4, 0.5) is 0 Å². The fourth-order valence-electron chi connectivity index (χ4n) is 0.411. The van der Waals surface area contributed by atoms with Gasteiger partial charge in [-0.25, -0.2) is 0 Å². The summed E-state index contributed by atoms with van der Waals surface area (Å²) in [6, 6.07) is 0. The minimum Gasteiger partial charge on any atom is -0.457 e. The van der Waals surface area contributed by atoms with Crippen LogP contribution in [0.15, 0.2) is 12.5 Å². The topological polar surface area (TPSA) is 31.0 Å². The zero-order valence-corrected chi connectivity index (χ0v) is 6.29. The summed E-state index contributed by atoms with van der Waals surface area (Å²) >= 11 is 0. The summed E-state index contributed by atoms with van der Waals surface area (Å²) in [5, 5.41) is 0. The molecular formula is C7H12O3. The summed E-state index contributed by atoms with van der Waals surface area (Å²) in [5.41, 5.74) is 0. The van der Waals surface area contributed by atoms with E-state index in [-0.39, 0.29) is 0 Å². The van der Waals surface area contributed by atoms with Crippen molar-refractivity contribution in [2.75, 3.05) is 13.2 Å². The van der Waals surface area contributed by atoms with Gasteiger partial charge < -0.3 is 14.2 Å². The fourth-order valence-corrected chi connectivity index (χ4v) is 0.411. The molecule has 0 N–H and O–H groups in total. The lowest BCUT2D eigenvalue weighted by Crippen LogP contribution is -2.18. The molecule has 2 aliphatic rings. The highest BCUT2D eigenvalue weighted by Gasteiger charge is 2.20. The van der Waals surface area contributed by atoms with E-state index >= 15 is 0 Å². The lowest BCUT2D eigenvalue weighted by molar-refractivity contribution is -0.108. The molecule has 3 heteroatoms. The van der Waals surface area contributed by atoms with Gasteiger partial charge in [-0.05, 0) is 0 Å². The summed E-state index contributed by atoms with van der Waals surface area (Å²) in [4.78, 5) is 0. The Hall–Kier alpha value is -0.700. The van der Waals surface area contributed by atoms with Crippen molar-refractivity contribution in [1.82, 2.24) is 0 Å². The van der Waals surface area contributed by atoms with E-state index < -0.39 is 5.79 Å². The molecule has 2 heterocycles. The van der Waals surface area contributed by atoms with Crippen LogP contribution >= 0.6 is 0 Å². The zero-order chi connectivity index (χ0) is 7.45. The molecule has 0 aromatic heterocycles. The van der Waals surface area contributed by atoms with Crippen molar-refractivity contribution >= 4 is 0 Å². The monoisotopic (exact) mass is 144 g/mol. The number of rotatable bonds is 0. The van der Waals surface area contributed by atoms with Crippen LogP contribution in [0.25, 0.3) is 0 Å². The van der Waals surface area contributed by atoms with Gasteiger partial charge in [0.05, 0.1) is 13.2 Å². The first kappa shape index (κ1) is 7.41. The number of hydrogen-bond acceptors (Lipinski definition) is 3. The Bertz CT molecular complexity index is 114. The van der Waals surface area contributed by atoms with Gasteiger partial charge in [0, 0.05) is 13.8 Å². The van der Waals surface area contributed by atoms with Crippen LogP contribution in [0.3, 0.4) is 0 Å². The first-order valence-electron chi connectivity index (χ1n) is 3.29. The highest BCUT2D eigenvalue weighted by Crippen LogP contribution is 2.16. The summed E-state index contributed by atoms with van der Waals surface area (Å²) in [5.74, 6) is -0.417. The maximum Gasteiger partial charge on any atom is 0.244 e. The molecule has 10 heavy (non-hydrogen) atoms. The molecule has 0 radical (unpaired) electrons. The average Bonchev–Trinajstić information content (AvgIpc) is 2.64. The Balaban J connectivity index is 0.000000138. The van der Waals surface area contributed by atoms with E-state index in [1.807, 2.05) is 13.8 Å². The molecule has 3 nitrogen and oxygen atoms in total. The largest absolute Gasteiger partial charge is 0.457 e. The molecule has 2 aliphatic heterocycles. The van der Waals surface area contributed by atoms with Gasteiger partial charge >= 0.3 is 0 Å². The molecule has 0 spiro atoms. The summed E-state index contributed by atoms with van der Waals surface area (Å²) < 4.78 is 14.4. The van der Waals surface area contributed by atoms with Crippen LogP contribution in [0.5, 0.6) is 0 Å². The lowest BCUT2D eigenvalue weighted by Gasteiger charge is -2.15. The van der Waals surface area contributed by atoms with Crippen molar-refractivity contribution in [3.8, 4) is 0 Å². The van der Waals surface area contributed by atoms with Crippen LogP contribution in [0.1, 0.15) is 13.8 Å². The summed E-state index contributed by atoms with van der Waals surface area (Å²) in [6.07, 6.45) is 3.08. The Kier molecular flexibility index (Phi) is 2.17. The normalized spacial score (nSPS) is 23.8. The van der Waals surface area contributed by atoms with Gasteiger partial charge in [0.25, 0.3) is 0 Å². The molecule has 58 valence electrons. The first-order chi connectivity index (χ1) is 4.71.